The first-order valence-electron chi connectivity index (χ1n) is 23.8. The summed E-state index contributed by atoms with van der Waals surface area (Å²) in [7, 11) is 0. The third kappa shape index (κ3) is 8.89. The van der Waals surface area contributed by atoms with Crippen LogP contribution in [0.25, 0.3) is 72.6 Å². The third-order valence-electron chi connectivity index (χ3n) is 14.1. The molecule has 2 aliphatic rings. The molecular formula is C59H60GeIrN4O-2. The molecule has 5 nitrogen and oxygen atoms in total. The van der Waals surface area contributed by atoms with Gasteiger partial charge in [-0.2, -0.15) is 0 Å². The molecule has 337 valence electrons. The van der Waals surface area contributed by atoms with E-state index < -0.39 is 13.3 Å². The normalized spacial score (nSPS) is 16.9. The zero-order valence-corrected chi connectivity index (χ0v) is 44.1. The van der Waals surface area contributed by atoms with Gasteiger partial charge in [0.25, 0.3) is 0 Å². The molecule has 3 atom stereocenters. The predicted octanol–water partition coefficient (Wildman–Crippen LogP) is 15.1. The Hall–Kier alpha value is -5.14. The first-order chi connectivity index (χ1) is 31.4. The Morgan fingerprint density at radius 3 is 2.17 bits per heavy atom. The molecule has 0 aliphatic heterocycles. The Bertz CT molecular complexity index is 3130. The predicted molar refractivity (Wildman–Crippen MR) is 273 cm³/mol. The van der Waals surface area contributed by atoms with E-state index in [1.807, 2.05) is 37.3 Å². The second kappa shape index (κ2) is 18.9. The van der Waals surface area contributed by atoms with E-state index in [4.69, 9.17) is 14.4 Å². The minimum atomic E-state index is -1.90. The standard InChI is InChI=1S/C37H32N3O.C22H28GeN.Ir/c1-22(2)30-20-26(25-12-7-6-8-13-25)21-31(23(3)4)34(30)40-33-17-10-9-16-32(33)39-36(40)29-15-11-14-27-28-19-18-24(5)38-37(28)41-35(27)29;1-23(2,3)21-15-24-22(17-7-5-4-6-8-17)14-20(21)13-19-12-16-9-10-18(19)11-16;/h6-14,16-23H,1-5H3;4-7,14-16,18-19H,9-13H2,1-3H3;/q2*-1;. The monoisotopic (exact) mass is 1110 g/mol. The van der Waals surface area contributed by atoms with Gasteiger partial charge in [0.05, 0.1) is 22.4 Å². The number of para-hydroxylation sites is 2. The first-order valence-corrected chi connectivity index (χ1v) is 31.1. The number of hydrogen-bond acceptors (Lipinski definition) is 4. The zero-order valence-electron chi connectivity index (χ0n) is 39.6. The molecule has 1 radical (unpaired) electrons. The molecule has 66 heavy (non-hydrogen) atoms. The molecule has 11 rings (SSSR count). The zero-order chi connectivity index (χ0) is 45.0. The fourth-order valence-corrected chi connectivity index (χ4v) is 14.2. The number of furan rings is 1. The topological polar surface area (TPSA) is 56.7 Å². The number of benzene rings is 5. The van der Waals surface area contributed by atoms with Crippen molar-refractivity contribution >= 4 is 50.8 Å². The van der Waals surface area contributed by atoms with Crippen LogP contribution in [0.4, 0.5) is 0 Å². The number of imidazole rings is 1. The van der Waals surface area contributed by atoms with Crippen LogP contribution in [0, 0.1) is 36.8 Å². The second-order valence-corrected chi connectivity index (χ2v) is 30.9. The summed E-state index contributed by atoms with van der Waals surface area (Å²) in [6.45, 7) is 11.1. The number of nitrogens with zero attached hydrogens (tertiary/aromatic N) is 4. The molecule has 0 saturated heterocycles. The Labute approximate surface area is 407 Å². The van der Waals surface area contributed by atoms with Crippen molar-refractivity contribution in [2.45, 2.75) is 95.8 Å². The first kappa shape index (κ1) is 46.0. The Kier molecular flexibility index (Phi) is 13.1. The van der Waals surface area contributed by atoms with Crippen molar-refractivity contribution in [2.75, 3.05) is 0 Å². The average Bonchev–Trinajstić information content (AvgIpc) is 4.11. The summed E-state index contributed by atoms with van der Waals surface area (Å²) in [5.74, 6) is 11.8. The van der Waals surface area contributed by atoms with Crippen LogP contribution in [-0.4, -0.2) is 32.8 Å². The van der Waals surface area contributed by atoms with Gasteiger partial charge in [0.2, 0.25) is 5.71 Å². The maximum absolute atomic E-state index is 6.44. The van der Waals surface area contributed by atoms with Gasteiger partial charge in [-0.25, -0.2) is 4.98 Å². The molecule has 0 spiro atoms. The molecule has 7 heteroatoms. The number of aryl methyl sites for hydroxylation is 1. The van der Waals surface area contributed by atoms with Crippen LogP contribution >= 0.6 is 0 Å². The molecule has 3 unspecified atom stereocenters. The molecule has 2 fully saturated rings. The van der Waals surface area contributed by atoms with Crippen molar-refractivity contribution in [3.05, 3.63) is 162 Å². The van der Waals surface area contributed by atoms with E-state index in [0.29, 0.717) is 17.5 Å². The van der Waals surface area contributed by atoms with Gasteiger partial charge in [0, 0.05) is 36.9 Å². The quantitative estimate of drug-likeness (QED) is 0.107. The Balaban J connectivity index is 0.000000187. The Morgan fingerprint density at radius 2 is 1.48 bits per heavy atom. The summed E-state index contributed by atoms with van der Waals surface area (Å²) in [5, 5.41) is 2.02. The SMILES string of the molecule is Cc1ccc2c(n1)oc1c(-c3nc4ccccc4n3-c3c(C(C)C)cc(-c4ccccc4)cc3C(C)C)[c-]ccc12.[CH3][Ge]([CH3])([CH3])[c]1cnc(-c2[c-]cccc2)cc1CC1CC2CCC1C2.[Ir]. The van der Waals surface area contributed by atoms with Crippen LogP contribution in [0.2, 0.25) is 17.3 Å². The number of pyridine rings is 2. The summed E-state index contributed by atoms with van der Waals surface area (Å²) in [4.78, 5) is 14.7. The summed E-state index contributed by atoms with van der Waals surface area (Å²) in [6.07, 6.45) is 9.43. The summed E-state index contributed by atoms with van der Waals surface area (Å²) >= 11 is -1.90. The van der Waals surface area contributed by atoms with Gasteiger partial charge >= 0.3 is 149 Å². The minimum Gasteiger partial charge on any atom is 0 e. The van der Waals surface area contributed by atoms with E-state index in [2.05, 4.69) is 164 Å². The maximum Gasteiger partial charge on any atom is 0 e. The number of fused-ring (bicyclic) bond motifs is 6. The van der Waals surface area contributed by atoms with Crippen LogP contribution in [-0.2, 0) is 26.5 Å². The molecule has 0 amide bonds. The van der Waals surface area contributed by atoms with Gasteiger partial charge in [-0.3, -0.25) is 4.98 Å². The molecular weight excluding hydrogens is 1050 g/mol. The van der Waals surface area contributed by atoms with Crippen molar-refractivity contribution in [3.8, 4) is 39.5 Å². The van der Waals surface area contributed by atoms with Crippen molar-refractivity contribution in [3.63, 3.8) is 0 Å². The molecule has 9 aromatic rings. The van der Waals surface area contributed by atoms with Gasteiger partial charge in [-0.1, -0.05) is 81.1 Å². The Morgan fingerprint density at radius 1 is 0.742 bits per heavy atom. The molecule has 0 N–H and O–H groups in total. The van der Waals surface area contributed by atoms with Gasteiger partial charge in [-0.15, -0.1) is 18.2 Å². The van der Waals surface area contributed by atoms with Crippen LogP contribution in [0.5, 0.6) is 0 Å². The molecule has 2 aliphatic carbocycles. The average molecular weight is 1110 g/mol. The van der Waals surface area contributed by atoms with E-state index in [1.54, 1.807) is 9.96 Å². The fourth-order valence-electron chi connectivity index (χ4n) is 10.9. The fraction of sp³-hybridized carbons (Fsp3) is 0.305. The van der Waals surface area contributed by atoms with Crippen molar-refractivity contribution in [1.29, 1.82) is 0 Å². The van der Waals surface area contributed by atoms with Crippen LogP contribution < -0.4 is 4.40 Å². The van der Waals surface area contributed by atoms with E-state index in [0.717, 1.165) is 73.5 Å². The smallest absolute Gasteiger partial charge is 0 e. The molecule has 4 heterocycles. The van der Waals surface area contributed by atoms with E-state index >= 15 is 0 Å². The minimum absolute atomic E-state index is 0. The van der Waals surface area contributed by atoms with Crippen LogP contribution in [0.15, 0.2) is 132 Å². The van der Waals surface area contributed by atoms with Crippen molar-refractivity contribution in [2.24, 2.45) is 17.8 Å². The van der Waals surface area contributed by atoms with Crippen LogP contribution in [0.1, 0.15) is 87.6 Å². The third-order valence-corrected chi connectivity index (χ3v) is 18.5. The van der Waals surface area contributed by atoms with E-state index in [-0.39, 0.29) is 20.1 Å². The van der Waals surface area contributed by atoms with Gasteiger partial charge in [-0.05, 0) is 77.4 Å². The molecule has 4 aromatic heterocycles. The van der Waals surface area contributed by atoms with Gasteiger partial charge < -0.3 is 8.98 Å². The molecule has 2 bridgehead atoms. The summed E-state index contributed by atoms with van der Waals surface area (Å²) in [6, 6.07) is 49.4. The second-order valence-electron chi connectivity index (χ2n) is 20.3. The summed E-state index contributed by atoms with van der Waals surface area (Å²) in [5.41, 5.74) is 15.2. The summed E-state index contributed by atoms with van der Waals surface area (Å²) < 4.78 is 10.4. The van der Waals surface area contributed by atoms with Crippen LogP contribution in [0.3, 0.4) is 0 Å². The molecule has 2 saturated carbocycles. The van der Waals surface area contributed by atoms with Crippen molar-refractivity contribution < 1.29 is 24.5 Å². The maximum atomic E-state index is 6.44. The van der Waals surface area contributed by atoms with Gasteiger partial charge in [0.15, 0.2) is 0 Å². The van der Waals surface area contributed by atoms with Gasteiger partial charge in [0.1, 0.15) is 0 Å². The largest absolute Gasteiger partial charge is 0 e. The number of hydrogen-bond donors (Lipinski definition) is 0. The number of aromatic nitrogens is 4. The number of rotatable bonds is 9. The van der Waals surface area contributed by atoms with Crippen molar-refractivity contribution in [1.82, 2.24) is 19.5 Å². The molecule has 5 aromatic carbocycles. The van der Waals surface area contributed by atoms with E-state index in [9.17, 15) is 0 Å². The van der Waals surface area contributed by atoms with E-state index in [1.165, 1.54) is 60.0 Å².